The van der Waals surface area contributed by atoms with Crippen LogP contribution in [-0.4, -0.2) is 66.6 Å². The van der Waals surface area contributed by atoms with E-state index in [0.717, 1.165) is 48.5 Å². The highest BCUT2D eigenvalue weighted by Gasteiger charge is 2.50. The average molecular weight is 639 g/mol. The van der Waals surface area contributed by atoms with Crippen LogP contribution in [0.1, 0.15) is 48.9 Å². The maximum Gasteiger partial charge on any atom is 0.228 e. The smallest absolute Gasteiger partial charge is 0.228 e. The fraction of sp³-hybridized carbons (Fsp3) is 0.432. The Balaban J connectivity index is 1.17. The summed E-state index contributed by atoms with van der Waals surface area (Å²) in [4.78, 5) is 13.7. The number of carbonyl (C=O) groups excluding carboxylic acids is 1. The van der Waals surface area contributed by atoms with Gasteiger partial charge in [0.15, 0.2) is 0 Å². The molecule has 3 heterocycles. The van der Waals surface area contributed by atoms with E-state index in [0.29, 0.717) is 24.4 Å². The molecule has 9 heteroatoms. The van der Waals surface area contributed by atoms with Crippen LogP contribution in [0.2, 0.25) is 18.6 Å². The Morgan fingerprint density at radius 1 is 1.00 bits per heavy atom. The van der Waals surface area contributed by atoms with E-state index in [-0.39, 0.29) is 30.6 Å². The second kappa shape index (κ2) is 13.9. The number of nitrogens with zero attached hydrogens (tertiary/aromatic N) is 4. The number of aryl methyl sites for hydroxylation is 2. The molecule has 46 heavy (non-hydrogen) atoms. The Hall–Kier alpha value is -3.79. The molecule has 8 nitrogen and oxygen atoms in total. The van der Waals surface area contributed by atoms with Crippen LogP contribution in [-0.2, 0) is 22.5 Å². The van der Waals surface area contributed by atoms with Crippen LogP contribution in [0.5, 0.6) is 5.75 Å². The molecule has 4 aromatic rings. The van der Waals surface area contributed by atoms with E-state index < -0.39 is 8.07 Å². The number of anilines is 1. The lowest BCUT2D eigenvalue weighted by atomic mass is 9.95. The Bertz CT molecular complexity index is 1590. The van der Waals surface area contributed by atoms with Crippen molar-refractivity contribution in [2.45, 2.75) is 75.9 Å². The lowest BCUT2D eigenvalue weighted by molar-refractivity contribution is -0.122. The van der Waals surface area contributed by atoms with Crippen LogP contribution in [0.15, 0.2) is 85.1 Å². The van der Waals surface area contributed by atoms with E-state index >= 15 is 0 Å². The highest BCUT2D eigenvalue weighted by atomic mass is 28.3. The molecule has 5 atom stereocenters. The molecule has 0 spiro atoms. The molecule has 0 saturated carbocycles. The van der Waals surface area contributed by atoms with Gasteiger partial charge in [-0.25, -0.2) is 0 Å². The topological polar surface area (TPSA) is 89.7 Å². The normalized spacial score (nSPS) is 22.1. The second-order valence-electron chi connectivity index (χ2n) is 13.4. The summed E-state index contributed by atoms with van der Waals surface area (Å²) in [6.07, 6.45) is 5.59. The number of hydrogen-bond donors (Lipinski definition) is 1. The minimum atomic E-state index is -1.98. The maximum atomic E-state index is 11.9. The van der Waals surface area contributed by atoms with E-state index in [1.54, 1.807) is 7.11 Å². The summed E-state index contributed by atoms with van der Waals surface area (Å²) < 4.78 is 14.4. The number of carbonyl (C=O) groups is 1. The van der Waals surface area contributed by atoms with Crippen molar-refractivity contribution in [1.29, 1.82) is 0 Å². The van der Waals surface area contributed by atoms with Crippen molar-refractivity contribution in [2.75, 3.05) is 25.2 Å². The van der Waals surface area contributed by atoms with Gasteiger partial charge in [-0.1, -0.05) is 85.0 Å². The molecule has 2 fully saturated rings. The van der Waals surface area contributed by atoms with Crippen molar-refractivity contribution >= 4 is 24.9 Å². The lowest BCUT2D eigenvalue weighted by Crippen LogP contribution is -2.50. The molecule has 1 aromatic heterocycles. The maximum absolute atomic E-state index is 11.9. The summed E-state index contributed by atoms with van der Waals surface area (Å²) in [5.41, 5.74) is 4.49. The van der Waals surface area contributed by atoms with Crippen molar-refractivity contribution in [3.63, 3.8) is 0 Å². The molecule has 1 amide bonds. The average Bonchev–Trinajstić information content (AvgIpc) is 3.67. The van der Waals surface area contributed by atoms with Crippen LogP contribution >= 0.6 is 0 Å². The van der Waals surface area contributed by atoms with E-state index in [9.17, 15) is 9.90 Å². The van der Waals surface area contributed by atoms with Gasteiger partial charge in [-0.15, -0.1) is 5.10 Å². The van der Waals surface area contributed by atoms with Crippen LogP contribution in [0, 0.1) is 5.92 Å². The molecule has 2 saturated heterocycles. The predicted molar refractivity (Wildman–Crippen MR) is 183 cm³/mol. The predicted octanol–water partition coefficient (Wildman–Crippen LogP) is 5.56. The quantitative estimate of drug-likeness (QED) is 0.152. The zero-order valence-corrected chi connectivity index (χ0v) is 28.4. The number of rotatable bonds is 13. The molecule has 242 valence electrons. The first-order chi connectivity index (χ1) is 22.3. The largest absolute Gasteiger partial charge is 0.497 e. The molecule has 2 aliphatic heterocycles. The molecule has 0 aliphatic carbocycles. The molecule has 1 unspecified atom stereocenters. The Morgan fingerprint density at radius 3 is 2.37 bits per heavy atom. The Morgan fingerprint density at radius 2 is 1.74 bits per heavy atom. The van der Waals surface area contributed by atoms with Crippen molar-refractivity contribution in [3.8, 4) is 5.75 Å². The molecule has 1 N–H and O–H groups in total. The molecule has 6 rings (SSSR count). The Kier molecular flexibility index (Phi) is 9.72. The summed E-state index contributed by atoms with van der Waals surface area (Å²) in [5, 5.41) is 20.5. The van der Waals surface area contributed by atoms with E-state index in [4.69, 9.17) is 9.47 Å². The van der Waals surface area contributed by atoms with Crippen molar-refractivity contribution in [2.24, 2.45) is 5.92 Å². The number of amides is 1. The number of aliphatic hydroxyl groups excluding tert-OH is 1. The van der Waals surface area contributed by atoms with Crippen molar-refractivity contribution in [1.82, 2.24) is 15.0 Å². The second-order valence-corrected chi connectivity index (χ2v) is 18.1. The van der Waals surface area contributed by atoms with Crippen LogP contribution in [0.25, 0.3) is 0 Å². The lowest BCUT2D eigenvalue weighted by Gasteiger charge is -2.36. The van der Waals surface area contributed by atoms with Gasteiger partial charge in [0.1, 0.15) is 5.75 Å². The number of ether oxygens (including phenoxy) is 2. The number of aromatic nitrogens is 3. The number of aliphatic hydroxyl groups is 1. The van der Waals surface area contributed by atoms with Crippen molar-refractivity contribution < 1.29 is 19.4 Å². The fourth-order valence-electron chi connectivity index (χ4n) is 7.55. The Labute approximate surface area is 273 Å². The van der Waals surface area contributed by atoms with Gasteiger partial charge in [0.05, 0.1) is 45.6 Å². The summed E-state index contributed by atoms with van der Waals surface area (Å²) in [6.45, 7) is 8.83. The minimum Gasteiger partial charge on any atom is -0.497 e. The van der Waals surface area contributed by atoms with Crippen molar-refractivity contribution in [3.05, 3.63) is 102 Å². The number of β-lactam (4-membered cyclic amide) rings is 1. The standard InChI is InChI=1S/C37H46N4O4Si/c1-26-34(19-12-27-10-13-29(14-11-27)41-23-21-36(41)43)45-35(37(26)46(3,4)31-17-15-30(44-2)16-18-31)20-22-40-24-33(38-39-40)32(25-42)28-8-6-5-7-9-28/h5-11,13-18,24,26,32,34-35,37,42H,12,19-23,25H2,1-4H3/t26-,32?,34+,35-,37+/m0/s1. The van der Waals surface area contributed by atoms with Gasteiger partial charge in [0, 0.05) is 31.4 Å². The van der Waals surface area contributed by atoms with Gasteiger partial charge in [-0.2, -0.15) is 0 Å². The fourth-order valence-corrected chi connectivity index (χ4v) is 11.7. The zero-order chi connectivity index (χ0) is 32.3. The monoisotopic (exact) mass is 638 g/mol. The van der Waals surface area contributed by atoms with Crippen LogP contribution in [0.3, 0.4) is 0 Å². The van der Waals surface area contributed by atoms with Gasteiger partial charge < -0.3 is 19.5 Å². The number of benzene rings is 3. The SMILES string of the molecule is COc1ccc([Si](C)(C)[C@@H]2[C@@H](C)[C@@H](CCc3ccc(N4CCC4=O)cc3)O[C@H]2CCn2cc(C(CO)c3ccccc3)nn2)cc1. The summed E-state index contributed by atoms with van der Waals surface area (Å²) in [7, 11) is -0.270. The third kappa shape index (κ3) is 6.68. The highest BCUT2D eigenvalue weighted by Crippen LogP contribution is 2.46. The van der Waals surface area contributed by atoms with E-state index in [1.165, 1.54) is 10.8 Å². The van der Waals surface area contributed by atoms with E-state index in [2.05, 4.69) is 78.9 Å². The first-order valence-corrected chi connectivity index (χ1v) is 19.6. The number of hydrogen-bond acceptors (Lipinski definition) is 6. The summed E-state index contributed by atoms with van der Waals surface area (Å²) in [5.74, 6) is 1.28. The molecule has 2 aliphatic rings. The third-order valence-electron chi connectivity index (χ3n) is 10.3. The molecular formula is C37H46N4O4Si. The van der Waals surface area contributed by atoms with E-state index in [1.807, 2.05) is 46.1 Å². The summed E-state index contributed by atoms with van der Waals surface area (Å²) >= 11 is 0. The van der Waals surface area contributed by atoms with Crippen LogP contribution in [0.4, 0.5) is 5.69 Å². The molecular weight excluding hydrogens is 593 g/mol. The summed E-state index contributed by atoms with van der Waals surface area (Å²) in [6, 6.07) is 27.1. The molecule has 0 radical (unpaired) electrons. The first kappa shape index (κ1) is 32.2. The van der Waals surface area contributed by atoms with Gasteiger partial charge in [-0.05, 0) is 66.1 Å². The van der Waals surface area contributed by atoms with Gasteiger partial charge in [0.25, 0.3) is 0 Å². The van der Waals surface area contributed by atoms with Gasteiger partial charge in [0.2, 0.25) is 5.91 Å². The number of methoxy groups -OCH3 is 1. The molecule has 3 aromatic carbocycles. The van der Waals surface area contributed by atoms with Gasteiger partial charge >= 0.3 is 0 Å². The van der Waals surface area contributed by atoms with Gasteiger partial charge in [-0.3, -0.25) is 9.48 Å². The van der Waals surface area contributed by atoms with Crippen LogP contribution < -0.4 is 14.8 Å². The minimum absolute atomic E-state index is 0.0174. The first-order valence-electron chi connectivity index (χ1n) is 16.5. The molecule has 0 bridgehead atoms. The zero-order valence-electron chi connectivity index (χ0n) is 27.4. The third-order valence-corrected chi connectivity index (χ3v) is 14.7. The highest BCUT2D eigenvalue weighted by molar-refractivity contribution is 6.91.